The van der Waals surface area contributed by atoms with Gasteiger partial charge in [0.15, 0.2) is 0 Å². The molecule has 0 radical (unpaired) electrons. The van der Waals surface area contributed by atoms with Gasteiger partial charge < -0.3 is 17.7 Å². The van der Waals surface area contributed by atoms with Gasteiger partial charge in [0.25, 0.3) is 0 Å². The third-order valence-corrected chi connectivity index (χ3v) is 2.07. The van der Waals surface area contributed by atoms with Crippen LogP contribution in [0, 0.1) is 0 Å². The second kappa shape index (κ2) is 4.32. The molecule has 0 fully saturated rings. The van der Waals surface area contributed by atoms with Crippen LogP contribution in [0.15, 0.2) is 18.2 Å². The van der Waals surface area contributed by atoms with Crippen LogP contribution < -0.4 is 4.74 Å². The van der Waals surface area contributed by atoms with Crippen molar-refractivity contribution in [2.45, 2.75) is 0 Å². The van der Waals surface area contributed by atoms with Crippen LogP contribution in [-0.2, 0) is 0 Å². The van der Waals surface area contributed by atoms with Crippen LogP contribution in [0.25, 0.3) is 0 Å². The summed E-state index contributed by atoms with van der Waals surface area (Å²) in [6.07, 6.45) is 0. The molecule has 1 nitrogen and oxygen atoms in total. The quantitative estimate of drug-likeness (QED) is 0.735. The predicted molar refractivity (Wildman–Crippen MR) is 51.0 cm³/mol. The van der Waals surface area contributed by atoms with E-state index in [9.17, 15) is 12.9 Å². The Morgan fingerprint density at radius 1 is 1.14 bits per heavy atom. The standard InChI is InChI=1S/C7H5BCl2F3O/c9-6-2-1-5(3-7(6)10)14-4-8(11,12)13/h1-3H,4H2/q-1. The van der Waals surface area contributed by atoms with Gasteiger partial charge in [0.2, 0.25) is 0 Å². The van der Waals surface area contributed by atoms with Gasteiger partial charge in [-0.1, -0.05) is 23.2 Å². The smallest absolute Gasteiger partial charge is 0.515 e. The molecule has 0 unspecified atom stereocenters. The molecule has 0 aromatic heterocycles. The maximum atomic E-state index is 11.8. The molecule has 1 aromatic carbocycles. The molecular formula is C7H5BCl2F3O-. The Morgan fingerprint density at radius 2 is 1.79 bits per heavy atom. The van der Waals surface area contributed by atoms with E-state index in [1.54, 1.807) is 0 Å². The highest BCUT2D eigenvalue weighted by molar-refractivity contribution is 6.58. The number of hydrogen-bond acceptors (Lipinski definition) is 1. The first-order valence-electron chi connectivity index (χ1n) is 3.67. The lowest BCUT2D eigenvalue weighted by atomic mass is 9.95. The molecule has 0 aliphatic rings. The molecule has 0 amide bonds. The summed E-state index contributed by atoms with van der Waals surface area (Å²) in [5.41, 5.74) is 0. The van der Waals surface area contributed by atoms with E-state index in [1.807, 2.05) is 0 Å². The number of halogens is 5. The van der Waals surface area contributed by atoms with Crippen LogP contribution in [0.5, 0.6) is 5.75 Å². The molecule has 7 heteroatoms. The van der Waals surface area contributed by atoms with Crippen LogP contribution in [0.1, 0.15) is 0 Å². The Kier molecular flexibility index (Phi) is 3.56. The maximum Gasteiger partial charge on any atom is 0.515 e. The van der Waals surface area contributed by atoms with Crippen molar-refractivity contribution >= 4 is 30.2 Å². The van der Waals surface area contributed by atoms with Crippen LogP contribution >= 0.6 is 23.2 Å². The average Bonchev–Trinajstić information content (AvgIpc) is 2.06. The number of hydrogen-bond donors (Lipinski definition) is 0. The first-order valence-corrected chi connectivity index (χ1v) is 4.43. The largest absolute Gasteiger partial charge is 0.522 e. The van der Waals surface area contributed by atoms with Crippen molar-refractivity contribution in [1.29, 1.82) is 0 Å². The minimum Gasteiger partial charge on any atom is -0.522 e. The van der Waals surface area contributed by atoms with E-state index in [2.05, 4.69) is 4.74 Å². The lowest BCUT2D eigenvalue weighted by molar-refractivity contribution is 0.313. The first kappa shape index (κ1) is 11.5. The van der Waals surface area contributed by atoms with E-state index >= 15 is 0 Å². The highest BCUT2D eigenvalue weighted by Crippen LogP contribution is 2.26. The van der Waals surface area contributed by atoms with Gasteiger partial charge in [0, 0.05) is 6.07 Å². The van der Waals surface area contributed by atoms with Crippen molar-refractivity contribution in [2.75, 3.05) is 6.51 Å². The molecule has 0 heterocycles. The fraction of sp³-hybridized carbons (Fsp3) is 0.143. The molecule has 14 heavy (non-hydrogen) atoms. The SMILES string of the molecule is F[B-](F)(F)COc1ccc(Cl)c(Cl)c1. The highest BCUT2D eigenvalue weighted by atomic mass is 35.5. The molecule has 0 atom stereocenters. The molecule has 0 spiro atoms. The summed E-state index contributed by atoms with van der Waals surface area (Å²) < 4.78 is 39.9. The van der Waals surface area contributed by atoms with Crippen molar-refractivity contribution in [1.82, 2.24) is 0 Å². The fourth-order valence-electron chi connectivity index (χ4n) is 0.757. The van der Waals surface area contributed by atoms with E-state index < -0.39 is 13.5 Å². The van der Waals surface area contributed by atoms with Crippen molar-refractivity contribution in [3.63, 3.8) is 0 Å². The third kappa shape index (κ3) is 3.68. The van der Waals surface area contributed by atoms with Gasteiger partial charge in [0.05, 0.1) is 16.6 Å². The van der Waals surface area contributed by atoms with E-state index in [4.69, 9.17) is 23.2 Å². The normalized spacial score (nSPS) is 11.5. The van der Waals surface area contributed by atoms with Gasteiger partial charge in [-0.2, -0.15) is 0 Å². The van der Waals surface area contributed by atoms with E-state index in [-0.39, 0.29) is 15.8 Å². The van der Waals surface area contributed by atoms with Gasteiger partial charge in [-0.15, -0.1) is 0 Å². The summed E-state index contributed by atoms with van der Waals surface area (Å²) in [5, 5.41) is 0.440. The lowest BCUT2D eigenvalue weighted by Crippen LogP contribution is -2.26. The summed E-state index contributed by atoms with van der Waals surface area (Å²) in [6, 6.07) is 3.95. The van der Waals surface area contributed by atoms with Crippen LogP contribution in [-0.4, -0.2) is 13.5 Å². The Hall–Kier alpha value is -0.545. The van der Waals surface area contributed by atoms with Gasteiger partial charge >= 0.3 is 6.98 Å². The monoisotopic (exact) mass is 243 g/mol. The Morgan fingerprint density at radius 3 is 2.29 bits per heavy atom. The van der Waals surface area contributed by atoms with Crippen LogP contribution in [0.3, 0.4) is 0 Å². The summed E-state index contributed by atoms with van der Waals surface area (Å²) in [6.45, 7) is -6.23. The van der Waals surface area contributed by atoms with Gasteiger partial charge in [0.1, 0.15) is 5.75 Å². The summed E-state index contributed by atoms with van der Waals surface area (Å²) in [5.74, 6) is 0.0543. The predicted octanol–water partition coefficient (Wildman–Crippen LogP) is 3.76. The van der Waals surface area contributed by atoms with Gasteiger partial charge in [-0.3, -0.25) is 0 Å². The molecule has 0 N–H and O–H groups in total. The van der Waals surface area contributed by atoms with E-state index in [0.717, 1.165) is 0 Å². The zero-order chi connectivity index (χ0) is 10.8. The summed E-state index contributed by atoms with van der Waals surface area (Å²) in [4.78, 5) is 0. The lowest BCUT2D eigenvalue weighted by Gasteiger charge is -2.15. The van der Waals surface area contributed by atoms with Crippen molar-refractivity contribution in [2.24, 2.45) is 0 Å². The zero-order valence-corrected chi connectivity index (χ0v) is 8.33. The molecule has 1 rings (SSSR count). The van der Waals surface area contributed by atoms with E-state index in [0.29, 0.717) is 0 Å². The molecule has 0 aliphatic heterocycles. The maximum absolute atomic E-state index is 11.8. The molecule has 0 saturated carbocycles. The van der Waals surface area contributed by atoms with Crippen molar-refractivity contribution in [3.05, 3.63) is 28.2 Å². The van der Waals surface area contributed by atoms with Crippen LogP contribution in [0.2, 0.25) is 10.0 Å². The summed E-state index contributed by atoms with van der Waals surface area (Å²) >= 11 is 11.1. The topological polar surface area (TPSA) is 9.23 Å². The van der Waals surface area contributed by atoms with Crippen molar-refractivity contribution in [3.8, 4) is 5.75 Å². The van der Waals surface area contributed by atoms with Gasteiger partial charge in [-0.25, -0.2) is 0 Å². The Balaban J connectivity index is 2.65. The molecule has 0 saturated heterocycles. The third-order valence-electron chi connectivity index (χ3n) is 1.33. The number of ether oxygens (including phenoxy) is 1. The molecule has 0 aliphatic carbocycles. The zero-order valence-electron chi connectivity index (χ0n) is 6.81. The molecule has 1 aromatic rings. The minimum atomic E-state index is -4.95. The molecular weight excluding hydrogens is 239 g/mol. The van der Waals surface area contributed by atoms with Crippen molar-refractivity contribution < 1.29 is 17.7 Å². The summed E-state index contributed by atoms with van der Waals surface area (Å²) in [7, 11) is 0. The number of benzene rings is 1. The van der Waals surface area contributed by atoms with E-state index in [1.165, 1.54) is 18.2 Å². The van der Waals surface area contributed by atoms with Gasteiger partial charge in [-0.05, 0) is 12.1 Å². The van der Waals surface area contributed by atoms with Crippen LogP contribution in [0.4, 0.5) is 12.9 Å². The first-order chi connectivity index (χ1) is 6.38. The molecule has 0 bridgehead atoms. The second-order valence-electron chi connectivity index (χ2n) is 2.60. The second-order valence-corrected chi connectivity index (χ2v) is 3.41. The Bertz CT molecular complexity index is 329. The number of rotatable bonds is 3. The average molecular weight is 244 g/mol. The minimum absolute atomic E-state index is 0.0543. The fourth-order valence-corrected chi connectivity index (χ4v) is 1.05. The molecule has 78 valence electrons. The Labute approximate surface area is 88.8 Å². The highest BCUT2D eigenvalue weighted by Gasteiger charge is 2.24.